The SMILES string of the molecule is O=C(O)c1cn(C2CC2)c2cc3cc(F)c(F)cc3nc2c1=O. The average molecular weight is 316 g/mol. The molecule has 0 spiro atoms. The largest absolute Gasteiger partial charge is 0.477 e. The summed E-state index contributed by atoms with van der Waals surface area (Å²) in [5, 5.41) is 9.55. The molecule has 2 heterocycles. The van der Waals surface area contributed by atoms with E-state index in [1.165, 1.54) is 6.20 Å². The molecular formula is C16H10F2N2O3. The maximum Gasteiger partial charge on any atom is 0.341 e. The molecule has 0 saturated heterocycles. The second-order valence-corrected chi connectivity index (χ2v) is 5.63. The number of aromatic nitrogens is 2. The first-order chi connectivity index (χ1) is 11.0. The monoisotopic (exact) mass is 316 g/mol. The highest BCUT2D eigenvalue weighted by atomic mass is 19.2. The van der Waals surface area contributed by atoms with Crippen molar-refractivity contribution in [1.82, 2.24) is 9.55 Å². The summed E-state index contributed by atoms with van der Waals surface area (Å²) in [7, 11) is 0. The van der Waals surface area contributed by atoms with Crippen LogP contribution in [0.4, 0.5) is 8.78 Å². The van der Waals surface area contributed by atoms with Gasteiger partial charge in [0, 0.05) is 23.7 Å². The highest BCUT2D eigenvalue weighted by Gasteiger charge is 2.27. The molecule has 5 nitrogen and oxygen atoms in total. The van der Waals surface area contributed by atoms with E-state index in [0.717, 1.165) is 25.0 Å². The molecule has 23 heavy (non-hydrogen) atoms. The van der Waals surface area contributed by atoms with Crippen LogP contribution in [0.5, 0.6) is 0 Å². The second-order valence-electron chi connectivity index (χ2n) is 5.63. The van der Waals surface area contributed by atoms with Crippen molar-refractivity contribution in [3.05, 3.63) is 51.8 Å². The zero-order chi connectivity index (χ0) is 16.3. The Bertz CT molecular complexity index is 1050. The smallest absolute Gasteiger partial charge is 0.341 e. The van der Waals surface area contributed by atoms with E-state index in [2.05, 4.69) is 4.98 Å². The van der Waals surface area contributed by atoms with E-state index in [1.807, 2.05) is 0 Å². The van der Waals surface area contributed by atoms with Crippen LogP contribution in [0.2, 0.25) is 0 Å². The summed E-state index contributed by atoms with van der Waals surface area (Å²) in [4.78, 5) is 27.7. The van der Waals surface area contributed by atoms with Gasteiger partial charge in [0.1, 0.15) is 11.1 Å². The molecule has 4 rings (SSSR count). The van der Waals surface area contributed by atoms with Gasteiger partial charge < -0.3 is 9.67 Å². The van der Waals surface area contributed by atoms with Gasteiger partial charge in [0.05, 0.1) is 11.0 Å². The molecule has 0 unspecified atom stereocenters. The number of nitrogens with zero attached hydrogens (tertiary/aromatic N) is 2. The van der Waals surface area contributed by atoms with Crippen molar-refractivity contribution in [1.29, 1.82) is 0 Å². The van der Waals surface area contributed by atoms with Gasteiger partial charge in [-0.15, -0.1) is 0 Å². The van der Waals surface area contributed by atoms with Gasteiger partial charge >= 0.3 is 5.97 Å². The van der Waals surface area contributed by atoms with Crippen LogP contribution in [0.25, 0.3) is 21.9 Å². The maximum atomic E-state index is 13.4. The van der Waals surface area contributed by atoms with Crippen LogP contribution in [-0.4, -0.2) is 20.6 Å². The lowest BCUT2D eigenvalue weighted by Gasteiger charge is -2.12. The number of carbonyl (C=O) groups is 1. The zero-order valence-electron chi connectivity index (χ0n) is 11.7. The minimum absolute atomic E-state index is 0.0460. The summed E-state index contributed by atoms with van der Waals surface area (Å²) < 4.78 is 28.5. The van der Waals surface area contributed by atoms with Gasteiger partial charge in [-0.3, -0.25) is 4.79 Å². The van der Waals surface area contributed by atoms with Crippen LogP contribution < -0.4 is 5.43 Å². The van der Waals surface area contributed by atoms with E-state index >= 15 is 0 Å². The van der Waals surface area contributed by atoms with Crippen LogP contribution >= 0.6 is 0 Å². The van der Waals surface area contributed by atoms with Crippen molar-refractivity contribution >= 4 is 27.9 Å². The topological polar surface area (TPSA) is 72.2 Å². The van der Waals surface area contributed by atoms with Crippen molar-refractivity contribution in [3.63, 3.8) is 0 Å². The van der Waals surface area contributed by atoms with E-state index in [4.69, 9.17) is 0 Å². The van der Waals surface area contributed by atoms with E-state index in [-0.39, 0.29) is 22.6 Å². The number of hydrogen-bond donors (Lipinski definition) is 1. The number of fused-ring (bicyclic) bond motifs is 2. The van der Waals surface area contributed by atoms with Crippen molar-refractivity contribution in [3.8, 4) is 0 Å². The van der Waals surface area contributed by atoms with E-state index in [0.29, 0.717) is 10.9 Å². The number of benzene rings is 1. The van der Waals surface area contributed by atoms with Crippen LogP contribution in [0, 0.1) is 11.6 Å². The van der Waals surface area contributed by atoms with Gasteiger partial charge in [-0.25, -0.2) is 18.6 Å². The highest BCUT2D eigenvalue weighted by Crippen LogP contribution is 2.37. The molecule has 7 heteroatoms. The molecule has 2 aromatic heterocycles. The van der Waals surface area contributed by atoms with Gasteiger partial charge in [0.15, 0.2) is 11.6 Å². The Balaban J connectivity index is 2.17. The first-order valence-corrected chi connectivity index (χ1v) is 7.03. The Labute approximate surface area is 127 Å². The Morgan fingerprint density at radius 3 is 2.57 bits per heavy atom. The molecule has 1 fully saturated rings. The van der Waals surface area contributed by atoms with Gasteiger partial charge in [-0.2, -0.15) is 0 Å². The summed E-state index contributed by atoms with van der Waals surface area (Å²) in [6.45, 7) is 0. The number of rotatable bonds is 2. The van der Waals surface area contributed by atoms with Crippen LogP contribution in [0.15, 0.2) is 29.2 Å². The molecule has 1 aliphatic carbocycles. The molecule has 0 atom stereocenters. The molecule has 0 amide bonds. The fourth-order valence-corrected chi connectivity index (χ4v) is 2.72. The average Bonchev–Trinajstić information content (AvgIpc) is 3.32. The van der Waals surface area contributed by atoms with Crippen molar-refractivity contribution in [2.24, 2.45) is 0 Å². The maximum absolute atomic E-state index is 13.4. The molecule has 1 N–H and O–H groups in total. The van der Waals surface area contributed by atoms with Crippen molar-refractivity contribution in [2.45, 2.75) is 18.9 Å². The third kappa shape index (κ3) is 2.08. The van der Waals surface area contributed by atoms with Gasteiger partial charge in [0.2, 0.25) is 5.43 Å². The van der Waals surface area contributed by atoms with E-state index in [1.54, 1.807) is 10.6 Å². The lowest BCUT2D eigenvalue weighted by Crippen LogP contribution is -2.19. The van der Waals surface area contributed by atoms with Crippen LogP contribution in [0.1, 0.15) is 29.2 Å². The third-order valence-corrected chi connectivity index (χ3v) is 4.01. The summed E-state index contributed by atoms with van der Waals surface area (Å²) in [6, 6.07) is 3.56. The van der Waals surface area contributed by atoms with Crippen molar-refractivity contribution < 1.29 is 18.7 Å². The highest BCUT2D eigenvalue weighted by molar-refractivity contribution is 5.95. The summed E-state index contributed by atoms with van der Waals surface area (Å²) in [5.74, 6) is -3.40. The van der Waals surface area contributed by atoms with E-state index in [9.17, 15) is 23.5 Å². The number of hydrogen-bond acceptors (Lipinski definition) is 3. The lowest BCUT2D eigenvalue weighted by molar-refractivity contribution is 0.0695. The molecule has 116 valence electrons. The molecule has 0 bridgehead atoms. The predicted octanol–water partition coefficient (Wildman–Crippen LogP) is 2.86. The fourth-order valence-electron chi connectivity index (χ4n) is 2.72. The number of pyridine rings is 2. The first kappa shape index (κ1) is 13.8. The molecular weight excluding hydrogens is 306 g/mol. The standard InChI is InChI=1S/C16H10F2N2O3/c17-10-3-7-4-13-14(19-12(7)5-11(10)18)15(21)9(16(22)23)6-20(13)8-1-2-8/h3-6,8H,1-2H2,(H,22,23). The Hall–Kier alpha value is -2.83. The summed E-state index contributed by atoms with van der Waals surface area (Å²) in [6.07, 6.45) is 3.04. The number of halogens is 2. The number of carboxylic acid groups (broad SMARTS) is 1. The molecule has 3 aromatic rings. The minimum Gasteiger partial charge on any atom is -0.477 e. The fraction of sp³-hybridized carbons (Fsp3) is 0.188. The second kappa shape index (κ2) is 4.58. The Kier molecular flexibility index (Phi) is 2.75. The lowest BCUT2D eigenvalue weighted by atomic mass is 10.1. The number of carboxylic acids is 1. The van der Waals surface area contributed by atoms with Crippen LogP contribution in [-0.2, 0) is 0 Å². The zero-order valence-corrected chi connectivity index (χ0v) is 11.7. The van der Waals surface area contributed by atoms with E-state index < -0.39 is 23.0 Å². The number of aromatic carboxylic acids is 1. The van der Waals surface area contributed by atoms with Gasteiger partial charge in [-0.05, 0) is 25.0 Å². The molecule has 1 saturated carbocycles. The van der Waals surface area contributed by atoms with Gasteiger partial charge in [-0.1, -0.05) is 0 Å². The summed E-state index contributed by atoms with van der Waals surface area (Å²) in [5.41, 5.74) is -0.607. The normalized spacial score (nSPS) is 14.5. The minimum atomic E-state index is -1.33. The predicted molar refractivity (Wildman–Crippen MR) is 78.7 cm³/mol. The quantitative estimate of drug-likeness (QED) is 0.738. The van der Waals surface area contributed by atoms with Crippen molar-refractivity contribution in [2.75, 3.05) is 0 Å². The Morgan fingerprint density at radius 2 is 1.91 bits per heavy atom. The van der Waals surface area contributed by atoms with Crippen LogP contribution in [0.3, 0.4) is 0 Å². The molecule has 1 aromatic carbocycles. The van der Waals surface area contributed by atoms with Gasteiger partial charge in [0.25, 0.3) is 0 Å². The molecule has 0 radical (unpaired) electrons. The molecule has 0 aliphatic heterocycles. The molecule has 1 aliphatic rings. The summed E-state index contributed by atoms with van der Waals surface area (Å²) >= 11 is 0. The Morgan fingerprint density at radius 1 is 1.22 bits per heavy atom. The first-order valence-electron chi connectivity index (χ1n) is 7.03. The third-order valence-electron chi connectivity index (χ3n) is 4.01.